The van der Waals surface area contributed by atoms with E-state index >= 15 is 0 Å². The maximum atomic E-state index is 2.82. The number of nitrogens with zero attached hydrogens (tertiary/aromatic N) is 1. The van der Waals surface area contributed by atoms with Crippen molar-refractivity contribution >= 4 is 0 Å². The molecule has 1 nitrogen and oxygen atoms in total. The van der Waals surface area contributed by atoms with Crippen molar-refractivity contribution in [3.8, 4) is 0 Å². The molecule has 6 atom stereocenters. The average Bonchev–Trinajstić information content (AvgIpc) is 2.60. The second-order valence-corrected chi connectivity index (χ2v) is 5.65. The second-order valence-electron chi connectivity index (χ2n) is 5.65. The maximum Gasteiger partial charge on any atom is 0.0161 e. The smallest absolute Gasteiger partial charge is 0.0161 e. The van der Waals surface area contributed by atoms with Crippen LogP contribution in [-0.4, -0.2) is 24.0 Å². The molecule has 2 aliphatic heterocycles. The van der Waals surface area contributed by atoms with Gasteiger partial charge in [-0.25, -0.2) is 0 Å². The summed E-state index contributed by atoms with van der Waals surface area (Å²) in [4.78, 5) is 2.82. The minimum absolute atomic E-state index is 1.02. The Labute approximate surface area is 74.1 Å². The SMILES string of the molecule is C[C@H]1CN2C[C@@H]3C[C@H]4C[C@@H]3[C@@H]2[C@H]41. The molecule has 4 fully saturated rings. The number of hydrogen-bond acceptors (Lipinski definition) is 1. The highest BCUT2D eigenvalue weighted by Gasteiger charge is 2.63. The number of hydrogen-bond donors (Lipinski definition) is 0. The monoisotopic (exact) mass is 163 g/mol. The van der Waals surface area contributed by atoms with Gasteiger partial charge in [0.05, 0.1) is 0 Å². The van der Waals surface area contributed by atoms with E-state index in [-0.39, 0.29) is 0 Å². The second kappa shape index (κ2) is 1.75. The largest absolute Gasteiger partial charge is 0.299 e. The van der Waals surface area contributed by atoms with Gasteiger partial charge in [0, 0.05) is 19.1 Å². The zero-order valence-electron chi connectivity index (χ0n) is 7.74. The Morgan fingerprint density at radius 2 is 2.00 bits per heavy atom. The molecule has 0 aromatic carbocycles. The molecule has 2 saturated carbocycles. The van der Waals surface area contributed by atoms with E-state index in [0.717, 1.165) is 35.6 Å². The average molecular weight is 163 g/mol. The summed E-state index contributed by atoms with van der Waals surface area (Å²) in [6.07, 6.45) is 3.19. The van der Waals surface area contributed by atoms with E-state index in [1.54, 1.807) is 12.8 Å². The molecule has 0 amide bonds. The van der Waals surface area contributed by atoms with Gasteiger partial charge in [-0.3, -0.25) is 4.90 Å². The van der Waals surface area contributed by atoms with Crippen LogP contribution in [-0.2, 0) is 0 Å². The van der Waals surface area contributed by atoms with Gasteiger partial charge in [-0.2, -0.15) is 0 Å². The van der Waals surface area contributed by atoms with Gasteiger partial charge in [-0.05, 0) is 42.4 Å². The van der Waals surface area contributed by atoms with Gasteiger partial charge in [0.15, 0.2) is 0 Å². The molecule has 2 bridgehead atoms. The minimum atomic E-state index is 1.02. The zero-order chi connectivity index (χ0) is 7.87. The Kier molecular flexibility index (Phi) is 0.934. The summed E-state index contributed by atoms with van der Waals surface area (Å²) in [6, 6.07) is 1.06. The van der Waals surface area contributed by atoms with E-state index in [9.17, 15) is 0 Å². The number of rotatable bonds is 0. The van der Waals surface area contributed by atoms with Crippen LogP contribution >= 0.6 is 0 Å². The third kappa shape index (κ3) is 0.501. The fraction of sp³-hybridized carbons (Fsp3) is 1.00. The van der Waals surface area contributed by atoms with Crippen molar-refractivity contribution in [2.45, 2.75) is 25.8 Å². The van der Waals surface area contributed by atoms with Gasteiger partial charge in [0.25, 0.3) is 0 Å². The van der Waals surface area contributed by atoms with Crippen molar-refractivity contribution in [2.24, 2.45) is 29.6 Å². The van der Waals surface area contributed by atoms with Gasteiger partial charge < -0.3 is 0 Å². The van der Waals surface area contributed by atoms with Crippen molar-refractivity contribution in [2.75, 3.05) is 13.1 Å². The molecule has 4 aliphatic rings. The molecule has 2 aliphatic carbocycles. The lowest BCUT2D eigenvalue weighted by Crippen LogP contribution is -2.28. The van der Waals surface area contributed by atoms with E-state index < -0.39 is 0 Å². The lowest BCUT2D eigenvalue weighted by atomic mass is 9.77. The predicted octanol–water partition coefficient (Wildman–Crippen LogP) is 1.59. The maximum absolute atomic E-state index is 2.82. The molecule has 1 heteroatoms. The summed E-state index contributed by atoms with van der Waals surface area (Å²) in [7, 11) is 0. The van der Waals surface area contributed by atoms with E-state index in [1.165, 1.54) is 13.1 Å². The molecule has 12 heavy (non-hydrogen) atoms. The standard InChI is InChI=1S/C11H17N/c1-6-4-12-5-8-2-7-3-9(8)11(12)10(6)7/h6-11H,2-5H2,1H3/t6-,7-,8-,9-,10-,11+/m0/s1. The highest BCUT2D eigenvalue weighted by atomic mass is 15.2. The molecule has 2 saturated heterocycles. The minimum Gasteiger partial charge on any atom is -0.299 e. The van der Waals surface area contributed by atoms with E-state index in [0.29, 0.717) is 0 Å². The first-order valence-corrected chi connectivity index (χ1v) is 5.58. The predicted molar refractivity (Wildman–Crippen MR) is 47.7 cm³/mol. The first kappa shape index (κ1) is 6.42. The van der Waals surface area contributed by atoms with E-state index in [1.807, 2.05) is 0 Å². The summed E-state index contributed by atoms with van der Waals surface area (Å²) in [6.45, 7) is 5.38. The van der Waals surface area contributed by atoms with Crippen LogP contribution in [0.1, 0.15) is 19.8 Å². The molecule has 0 aromatic heterocycles. The summed E-state index contributed by atoms with van der Waals surface area (Å²) < 4.78 is 0. The van der Waals surface area contributed by atoms with Gasteiger partial charge in [-0.1, -0.05) is 6.92 Å². The molecule has 0 spiro atoms. The van der Waals surface area contributed by atoms with Crippen molar-refractivity contribution in [3.05, 3.63) is 0 Å². The Hall–Kier alpha value is -0.0400. The van der Waals surface area contributed by atoms with Crippen LogP contribution in [0.25, 0.3) is 0 Å². The van der Waals surface area contributed by atoms with Crippen LogP contribution in [0.4, 0.5) is 0 Å². The third-order valence-electron chi connectivity index (χ3n) is 5.23. The first-order valence-electron chi connectivity index (χ1n) is 5.58. The van der Waals surface area contributed by atoms with Crippen LogP contribution in [0.2, 0.25) is 0 Å². The van der Waals surface area contributed by atoms with Crippen LogP contribution in [0.5, 0.6) is 0 Å². The molecule has 2 heterocycles. The highest BCUT2D eigenvalue weighted by Crippen LogP contribution is 2.62. The molecular weight excluding hydrogens is 146 g/mol. The van der Waals surface area contributed by atoms with Crippen molar-refractivity contribution in [1.29, 1.82) is 0 Å². The highest BCUT2D eigenvalue weighted by molar-refractivity contribution is 5.14. The fourth-order valence-corrected chi connectivity index (χ4v) is 5.13. The first-order chi connectivity index (χ1) is 5.84. The summed E-state index contributed by atoms with van der Waals surface area (Å²) in [5.74, 6) is 5.56. The van der Waals surface area contributed by atoms with Crippen molar-refractivity contribution in [3.63, 3.8) is 0 Å². The molecule has 0 radical (unpaired) electrons. The van der Waals surface area contributed by atoms with Gasteiger partial charge >= 0.3 is 0 Å². The lowest BCUT2D eigenvalue weighted by Gasteiger charge is -2.26. The Balaban J connectivity index is 1.86. The number of fused-ring (bicyclic) bond motifs is 2. The molecule has 0 aromatic rings. The Morgan fingerprint density at radius 1 is 1.08 bits per heavy atom. The fourth-order valence-electron chi connectivity index (χ4n) is 5.13. The molecular formula is C11H17N. The zero-order valence-corrected chi connectivity index (χ0v) is 7.74. The Bertz CT molecular complexity index is 230. The third-order valence-corrected chi connectivity index (χ3v) is 5.23. The normalized spacial score (nSPS) is 66.8. The molecule has 66 valence electrons. The topological polar surface area (TPSA) is 3.24 Å². The van der Waals surface area contributed by atoms with Crippen molar-refractivity contribution < 1.29 is 0 Å². The van der Waals surface area contributed by atoms with Crippen LogP contribution < -0.4 is 0 Å². The summed E-state index contributed by atoms with van der Waals surface area (Å²) in [5.41, 5.74) is 0. The van der Waals surface area contributed by atoms with Gasteiger partial charge in [-0.15, -0.1) is 0 Å². The van der Waals surface area contributed by atoms with E-state index in [4.69, 9.17) is 0 Å². The molecule has 0 unspecified atom stereocenters. The Morgan fingerprint density at radius 3 is 2.92 bits per heavy atom. The lowest BCUT2D eigenvalue weighted by molar-refractivity contribution is 0.246. The van der Waals surface area contributed by atoms with Gasteiger partial charge in [0.2, 0.25) is 0 Å². The summed E-state index contributed by atoms with van der Waals surface area (Å²) >= 11 is 0. The van der Waals surface area contributed by atoms with Gasteiger partial charge in [0.1, 0.15) is 0 Å². The van der Waals surface area contributed by atoms with Crippen molar-refractivity contribution in [1.82, 2.24) is 4.90 Å². The quantitative estimate of drug-likeness (QED) is 0.524. The van der Waals surface area contributed by atoms with Crippen LogP contribution in [0.15, 0.2) is 0 Å². The van der Waals surface area contributed by atoms with E-state index in [2.05, 4.69) is 11.8 Å². The molecule has 0 N–H and O–H groups in total. The summed E-state index contributed by atoms with van der Waals surface area (Å²) in [5, 5.41) is 0. The molecule has 4 rings (SSSR count). The van der Waals surface area contributed by atoms with Crippen LogP contribution in [0.3, 0.4) is 0 Å². The van der Waals surface area contributed by atoms with Crippen LogP contribution in [0, 0.1) is 29.6 Å².